The van der Waals surface area contributed by atoms with Gasteiger partial charge in [0.05, 0.1) is 10.7 Å². The lowest BCUT2D eigenvalue weighted by atomic mass is 10.2. The van der Waals surface area contributed by atoms with Crippen LogP contribution < -0.4 is 16.0 Å². The molecule has 0 saturated carbocycles. The first-order valence-corrected chi connectivity index (χ1v) is 8.93. The van der Waals surface area contributed by atoms with Crippen LogP contribution in [0.5, 0.6) is 0 Å². The number of nitrogens with one attached hydrogen (secondary N) is 3. The average molecular weight is 439 g/mol. The molecule has 0 aromatic heterocycles. The van der Waals surface area contributed by atoms with Gasteiger partial charge in [-0.05, 0) is 42.5 Å². The smallest absolute Gasteiger partial charge is 0.251 e. The van der Waals surface area contributed by atoms with Crippen molar-refractivity contribution in [3.8, 4) is 0 Å². The second-order valence-electron chi connectivity index (χ2n) is 5.44. The monoisotopic (exact) mass is 437 g/mol. The van der Waals surface area contributed by atoms with E-state index in [0.717, 1.165) is 4.47 Å². The van der Waals surface area contributed by atoms with Crippen LogP contribution in [0.15, 0.2) is 46.9 Å². The van der Waals surface area contributed by atoms with Crippen molar-refractivity contribution in [2.45, 2.75) is 13.3 Å². The van der Waals surface area contributed by atoms with E-state index in [4.69, 9.17) is 11.6 Å². The van der Waals surface area contributed by atoms with Crippen molar-refractivity contribution in [2.24, 2.45) is 0 Å². The lowest BCUT2D eigenvalue weighted by Gasteiger charge is -2.10. The van der Waals surface area contributed by atoms with Crippen LogP contribution in [-0.2, 0) is 9.59 Å². The fourth-order valence-corrected chi connectivity index (χ4v) is 2.54. The van der Waals surface area contributed by atoms with Gasteiger partial charge in [-0.1, -0.05) is 27.5 Å². The minimum atomic E-state index is -0.303. The van der Waals surface area contributed by atoms with E-state index >= 15 is 0 Å². The van der Waals surface area contributed by atoms with E-state index in [2.05, 4.69) is 31.9 Å². The highest BCUT2D eigenvalue weighted by molar-refractivity contribution is 9.10. The van der Waals surface area contributed by atoms with E-state index in [-0.39, 0.29) is 30.7 Å². The Labute approximate surface area is 164 Å². The number of anilines is 2. The summed E-state index contributed by atoms with van der Waals surface area (Å²) in [4.78, 5) is 35.1. The Morgan fingerprint density at radius 1 is 1.04 bits per heavy atom. The molecule has 0 fully saturated rings. The molecule has 0 unspecified atom stereocenters. The van der Waals surface area contributed by atoms with Crippen molar-refractivity contribution in [3.63, 3.8) is 0 Å². The van der Waals surface area contributed by atoms with Gasteiger partial charge in [-0.3, -0.25) is 14.4 Å². The number of carbonyl (C=O) groups excluding carboxylic acids is 3. The van der Waals surface area contributed by atoms with Gasteiger partial charge in [0, 0.05) is 35.6 Å². The molecule has 0 bridgehead atoms. The summed E-state index contributed by atoms with van der Waals surface area (Å²) in [7, 11) is 0. The second kappa shape index (κ2) is 9.35. The molecule has 0 aliphatic carbocycles. The van der Waals surface area contributed by atoms with Gasteiger partial charge in [-0.25, -0.2) is 0 Å². The van der Waals surface area contributed by atoms with Crippen molar-refractivity contribution in [1.82, 2.24) is 5.32 Å². The second-order valence-corrected chi connectivity index (χ2v) is 6.76. The number of hydrogen-bond donors (Lipinski definition) is 3. The molecular formula is C18H17BrClN3O3. The molecule has 0 radical (unpaired) electrons. The Hall–Kier alpha value is -2.38. The lowest BCUT2D eigenvalue weighted by molar-refractivity contribution is -0.116. The molecule has 8 heteroatoms. The zero-order valence-electron chi connectivity index (χ0n) is 13.9. The topological polar surface area (TPSA) is 87.3 Å². The van der Waals surface area contributed by atoms with Gasteiger partial charge >= 0.3 is 0 Å². The quantitative estimate of drug-likeness (QED) is 0.641. The van der Waals surface area contributed by atoms with E-state index in [0.29, 0.717) is 22.0 Å². The van der Waals surface area contributed by atoms with Crippen molar-refractivity contribution < 1.29 is 14.4 Å². The van der Waals surface area contributed by atoms with Crippen LogP contribution in [0.4, 0.5) is 11.4 Å². The van der Waals surface area contributed by atoms with Gasteiger partial charge in [0.25, 0.3) is 5.91 Å². The van der Waals surface area contributed by atoms with E-state index in [9.17, 15) is 14.4 Å². The van der Waals surface area contributed by atoms with Crippen molar-refractivity contribution >= 4 is 56.6 Å². The minimum absolute atomic E-state index is 0.0863. The molecule has 3 N–H and O–H groups in total. The SMILES string of the molecule is CC(=O)Nc1ccc(Cl)c(NC(=O)CCNC(=O)c2ccc(Br)cc2)c1. The van der Waals surface area contributed by atoms with Gasteiger partial charge in [0.2, 0.25) is 11.8 Å². The summed E-state index contributed by atoms with van der Waals surface area (Å²) in [6.07, 6.45) is 0.0863. The van der Waals surface area contributed by atoms with Crippen LogP contribution in [0.3, 0.4) is 0 Å². The zero-order valence-corrected chi connectivity index (χ0v) is 16.3. The Morgan fingerprint density at radius 3 is 2.38 bits per heavy atom. The average Bonchev–Trinajstić information content (AvgIpc) is 2.58. The van der Waals surface area contributed by atoms with Crippen LogP contribution in [0.1, 0.15) is 23.7 Å². The molecule has 2 rings (SSSR count). The first-order chi connectivity index (χ1) is 12.3. The standard InChI is InChI=1S/C18H17BrClN3O3/c1-11(24)22-14-6-7-15(20)16(10-14)23-17(25)8-9-21-18(26)12-2-4-13(19)5-3-12/h2-7,10H,8-9H2,1H3,(H,21,26)(H,22,24)(H,23,25). The predicted octanol–water partition coefficient (Wildman–Crippen LogP) is 3.82. The molecular weight excluding hydrogens is 422 g/mol. The summed E-state index contributed by atoms with van der Waals surface area (Å²) in [6, 6.07) is 11.7. The summed E-state index contributed by atoms with van der Waals surface area (Å²) in [5.41, 5.74) is 1.43. The third kappa shape index (κ3) is 6.16. The maximum Gasteiger partial charge on any atom is 0.251 e. The van der Waals surface area contributed by atoms with E-state index in [1.165, 1.54) is 6.92 Å². The van der Waals surface area contributed by atoms with Crippen LogP contribution in [0.2, 0.25) is 5.02 Å². The number of rotatable bonds is 6. The van der Waals surface area contributed by atoms with E-state index in [1.54, 1.807) is 42.5 Å². The number of carbonyl (C=O) groups is 3. The Kier molecular flexibility index (Phi) is 7.17. The van der Waals surface area contributed by atoms with Gasteiger partial charge in [-0.15, -0.1) is 0 Å². The molecule has 136 valence electrons. The van der Waals surface area contributed by atoms with E-state index in [1.807, 2.05) is 0 Å². The Balaban J connectivity index is 1.86. The summed E-state index contributed by atoms with van der Waals surface area (Å²) in [5.74, 6) is -0.778. The number of benzene rings is 2. The maximum absolute atomic E-state index is 12.0. The molecule has 2 aromatic rings. The third-order valence-corrected chi connectivity index (χ3v) is 4.16. The van der Waals surface area contributed by atoms with Crippen LogP contribution in [0, 0.1) is 0 Å². The third-order valence-electron chi connectivity index (χ3n) is 3.30. The van der Waals surface area contributed by atoms with E-state index < -0.39 is 0 Å². The molecule has 26 heavy (non-hydrogen) atoms. The van der Waals surface area contributed by atoms with Gasteiger partial charge in [0.15, 0.2) is 0 Å². The normalized spacial score (nSPS) is 10.1. The molecule has 0 atom stereocenters. The summed E-state index contributed by atoms with van der Waals surface area (Å²) < 4.78 is 0.881. The highest BCUT2D eigenvalue weighted by atomic mass is 79.9. The Bertz CT molecular complexity index is 825. The minimum Gasteiger partial charge on any atom is -0.352 e. The number of hydrogen-bond acceptors (Lipinski definition) is 3. The summed E-state index contributed by atoms with van der Waals surface area (Å²) in [6.45, 7) is 1.57. The predicted molar refractivity (Wildman–Crippen MR) is 105 cm³/mol. The van der Waals surface area contributed by atoms with Crippen LogP contribution >= 0.6 is 27.5 Å². The van der Waals surface area contributed by atoms with Crippen molar-refractivity contribution in [3.05, 3.63) is 57.5 Å². The fraction of sp³-hybridized carbons (Fsp3) is 0.167. The van der Waals surface area contributed by atoms with Crippen molar-refractivity contribution in [2.75, 3.05) is 17.2 Å². The molecule has 0 aliphatic rings. The Morgan fingerprint density at radius 2 is 1.73 bits per heavy atom. The zero-order chi connectivity index (χ0) is 19.1. The van der Waals surface area contributed by atoms with Gasteiger partial charge in [0.1, 0.15) is 0 Å². The molecule has 0 saturated heterocycles. The first-order valence-electron chi connectivity index (χ1n) is 7.76. The molecule has 0 spiro atoms. The van der Waals surface area contributed by atoms with Gasteiger partial charge < -0.3 is 16.0 Å². The highest BCUT2D eigenvalue weighted by Crippen LogP contribution is 2.25. The fourth-order valence-electron chi connectivity index (χ4n) is 2.11. The summed E-state index contributed by atoms with van der Waals surface area (Å²) in [5, 5.41) is 8.32. The molecule has 6 nitrogen and oxygen atoms in total. The molecule has 0 heterocycles. The summed E-state index contributed by atoms with van der Waals surface area (Å²) >= 11 is 9.36. The highest BCUT2D eigenvalue weighted by Gasteiger charge is 2.09. The van der Waals surface area contributed by atoms with Gasteiger partial charge in [-0.2, -0.15) is 0 Å². The largest absolute Gasteiger partial charge is 0.352 e. The molecule has 3 amide bonds. The maximum atomic E-state index is 12.0. The number of amides is 3. The number of halogens is 2. The van der Waals surface area contributed by atoms with Crippen LogP contribution in [0.25, 0.3) is 0 Å². The molecule has 0 aliphatic heterocycles. The van der Waals surface area contributed by atoms with Crippen molar-refractivity contribution in [1.29, 1.82) is 0 Å². The van der Waals surface area contributed by atoms with Crippen LogP contribution in [-0.4, -0.2) is 24.3 Å². The lowest BCUT2D eigenvalue weighted by Crippen LogP contribution is -2.27. The molecule has 2 aromatic carbocycles. The first kappa shape index (κ1) is 19.9.